The van der Waals surface area contributed by atoms with Gasteiger partial charge in [0.15, 0.2) is 0 Å². The second-order valence-corrected chi connectivity index (χ2v) is 9.09. The molecule has 0 unspecified atom stereocenters. The molecule has 0 radical (unpaired) electrons. The number of aromatic carboxylic acids is 2. The van der Waals surface area contributed by atoms with Gasteiger partial charge in [0.1, 0.15) is 6.10 Å². The Bertz CT molecular complexity index is 1610. The highest BCUT2D eigenvalue weighted by Gasteiger charge is 2.32. The van der Waals surface area contributed by atoms with Crippen LogP contribution < -0.4 is 0 Å². The van der Waals surface area contributed by atoms with Gasteiger partial charge in [-0.25, -0.2) is 14.4 Å². The number of hydrogen-bond acceptors (Lipinski definition) is 6. The van der Waals surface area contributed by atoms with Crippen LogP contribution in [0.1, 0.15) is 69.0 Å². The van der Waals surface area contributed by atoms with Gasteiger partial charge < -0.3 is 14.9 Å². The molecule has 0 spiro atoms. The van der Waals surface area contributed by atoms with Crippen LogP contribution in [-0.4, -0.2) is 51.4 Å². The summed E-state index contributed by atoms with van der Waals surface area (Å²) in [5.41, 5.74) is 0.450. The van der Waals surface area contributed by atoms with Crippen molar-refractivity contribution in [2.45, 2.75) is 13.0 Å². The van der Waals surface area contributed by atoms with Crippen molar-refractivity contribution in [1.29, 1.82) is 0 Å². The Hall–Kier alpha value is -5.57. The van der Waals surface area contributed by atoms with Gasteiger partial charge in [0, 0.05) is 5.56 Å². The normalized spacial score (nSPS) is 11.2. The minimum Gasteiger partial charge on any atom is -0.478 e. The molecule has 0 fully saturated rings. The molecular weight excluding hydrogens is 526 g/mol. The van der Waals surface area contributed by atoms with Crippen molar-refractivity contribution in [3.8, 4) is 0 Å². The van der Waals surface area contributed by atoms with Gasteiger partial charge in [-0.15, -0.1) is 0 Å². The first-order valence-corrected chi connectivity index (χ1v) is 12.5. The molecule has 41 heavy (non-hydrogen) atoms. The van der Waals surface area contributed by atoms with Gasteiger partial charge in [-0.3, -0.25) is 14.5 Å². The summed E-state index contributed by atoms with van der Waals surface area (Å²) in [4.78, 5) is 65.3. The summed E-state index contributed by atoms with van der Waals surface area (Å²) in [5, 5.41) is 19.2. The van der Waals surface area contributed by atoms with E-state index in [1.54, 1.807) is 42.5 Å². The number of imide groups is 1. The lowest BCUT2D eigenvalue weighted by Crippen LogP contribution is -2.41. The van der Waals surface area contributed by atoms with Gasteiger partial charge in [-0.05, 0) is 48.9 Å². The standard InChI is InChI=1S/C32H25NO8/c1-20-15-17-22(18-16-20)28(34)33(29(35)23-11-5-6-12-24(23)30(36)37)19-27(21-9-3-2-4-10-21)41-32(40)26-14-8-7-13-25(26)31(38)39/h2-18,27H,19H2,1H3,(H,36,37)(H,38,39)/t27-/m1/s1. The van der Waals surface area contributed by atoms with E-state index in [2.05, 4.69) is 0 Å². The topological polar surface area (TPSA) is 138 Å². The Morgan fingerprint density at radius 3 is 1.68 bits per heavy atom. The first kappa shape index (κ1) is 28.4. The van der Waals surface area contributed by atoms with Crippen molar-refractivity contribution >= 4 is 29.7 Å². The van der Waals surface area contributed by atoms with Crippen LogP contribution in [-0.2, 0) is 4.74 Å². The van der Waals surface area contributed by atoms with Gasteiger partial charge in [0.25, 0.3) is 11.8 Å². The summed E-state index contributed by atoms with van der Waals surface area (Å²) < 4.78 is 5.75. The molecule has 0 aliphatic carbocycles. The van der Waals surface area contributed by atoms with Crippen LogP contribution in [0.25, 0.3) is 0 Å². The monoisotopic (exact) mass is 551 g/mol. The number of esters is 1. The number of ether oxygens (including phenoxy) is 1. The third-order valence-corrected chi connectivity index (χ3v) is 6.32. The molecule has 9 heteroatoms. The molecule has 0 aromatic heterocycles. The fourth-order valence-corrected chi connectivity index (χ4v) is 4.20. The number of carboxylic acids is 2. The SMILES string of the molecule is Cc1ccc(C(=O)N(C[C@@H](OC(=O)c2ccccc2C(=O)O)c2ccccc2)C(=O)c2ccccc2C(=O)O)cc1. The van der Waals surface area contributed by atoms with Gasteiger partial charge in [-0.1, -0.05) is 72.3 Å². The van der Waals surface area contributed by atoms with Crippen LogP contribution >= 0.6 is 0 Å². The number of carbonyl (C=O) groups is 5. The van der Waals surface area contributed by atoms with Gasteiger partial charge >= 0.3 is 17.9 Å². The lowest BCUT2D eigenvalue weighted by molar-refractivity contribution is 0.0177. The highest BCUT2D eigenvalue weighted by molar-refractivity contribution is 6.13. The fraction of sp³-hybridized carbons (Fsp3) is 0.0938. The third-order valence-electron chi connectivity index (χ3n) is 6.32. The molecule has 2 amide bonds. The molecule has 0 bridgehead atoms. The number of rotatable bonds is 9. The summed E-state index contributed by atoms with van der Waals surface area (Å²) in [6.07, 6.45) is -1.22. The molecule has 2 N–H and O–H groups in total. The fourth-order valence-electron chi connectivity index (χ4n) is 4.20. The predicted octanol–water partition coefficient (Wildman–Crippen LogP) is 5.27. The lowest BCUT2D eigenvalue weighted by Gasteiger charge is -2.27. The summed E-state index contributed by atoms with van der Waals surface area (Å²) in [6, 6.07) is 25.8. The molecule has 4 aromatic rings. The summed E-state index contributed by atoms with van der Waals surface area (Å²) in [6.45, 7) is 1.35. The minimum absolute atomic E-state index is 0.158. The van der Waals surface area contributed by atoms with Crippen molar-refractivity contribution in [3.63, 3.8) is 0 Å². The zero-order chi connectivity index (χ0) is 29.5. The van der Waals surface area contributed by atoms with Crippen LogP contribution in [0.3, 0.4) is 0 Å². The second-order valence-electron chi connectivity index (χ2n) is 9.09. The maximum atomic E-state index is 13.8. The van der Waals surface area contributed by atoms with Crippen LogP contribution in [0.15, 0.2) is 103 Å². The molecule has 1 atom stereocenters. The van der Waals surface area contributed by atoms with E-state index < -0.39 is 42.4 Å². The smallest absolute Gasteiger partial charge is 0.339 e. The first-order chi connectivity index (χ1) is 19.7. The third kappa shape index (κ3) is 6.54. The van der Waals surface area contributed by atoms with Crippen LogP contribution in [0, 0.1) is 6.92 Å². The number of benzene rings is 4. The van der Waals surface area contributed by atoms with Crippen molar-refractivity contribution < 1.29 is 38.9 Å². The van der Waals surface area contributed by atoms with Gasteiger partial charge in [0.05, 0.1) is 28.8 Å². The Morgan fingerprint density at radius 1 is 0.634 bits per heavy atom. The van der Waals surface area contributed by atoms with Crippen LogP contribution in [0.4, 0.5) is 0 Å². The molecular formula is C32H25NO8. The molecule has 9 nitrogen and oxygen atoms in total. The Labute approximate surface area is 235 Å². The summed E-state index contributed by atoms with van der Waals surface area (Å²) >= 11 is 0. The van der Waals surface area contributed by atoms with E-state index in [-0.39, 0.29) is 27.8 Å². The largest absolute Gasteiger partial charge is 0.478 e. The lowest BCUT2D eigenvalue weighted by atomic mass is 10.0. The van der Waals surface area contributed by atoms with E-state index in [4.69, 9.17) is 4.74 Å². The number of hydrogen-bond donors (Lipinski definition) is 2. The Balaban J connectivity index is 1.78. The first-order valence-electron chi connectivity index (χ1n) is 12.5. The Morgan fingerprint density at radius 2 is 1.12 bits per heavy atom. The molecule has 206 valence electrons. The maximum Gasteiger partial charge on any atom is 0.339 e. The Kier molecular flexibility index (Phi) is 8.69. The molecule has 0 heterocycles. The van der Waals surface area contributed by atoms with Crippen molar-refractivity contribution in [2.24, 2.45) is 0 Å². The molecule has 0 saturated heterocycles. The van der Waals surface area contributed by atoms with E-state index in [0.29, 0.717) is 5.56 Å². The average Bonchev–Trinajstić information content (AvgIpc) is 2.99. The average molecular weight is 552 g/mol. The van der Waals surface area contributed by atoms with Crippen molar-refractivity contribution in [2.75, 3.05) is 6.54 Å². The predicted molar refractivity (Wildman–Crippen MR) is 148 cm³/mol. The number of amides is 2. The number of carbonyl (C=O) groups excluding carboxylic acids is 3. The van der Waals surface area contributed by atoms with E-state index >= 15 is 0 Å². The van der Waals surface area contributed by atoms with Crippen molar-refractivity contribution in [3.05, 3.63) is 142 Å². The zero-order valence-electron chi connectivity index (χ0n) is 21.9. The van der Waals surface area contributed by atoms with Gasteiger partial charge in [0.2, 0.25) is 0 Å². The van der Waals surface area contributed by atoms with Crippen molar-refractivity contribution in [1.82, 2.24) is 4.90 Å². The molecule has 0 aliphatic heterocycles. The van der Waals surface area contributed by atoms with E-state index in [9.17, 15) is 34.2 Å². The van der Waals surface area contributed by atoms with E-state index in [0.717, 1.165) is 10.5 Å². The molecule has 0 aliphatic rings. The molecule has 0 saturated carbocycles. The number of nitrogens with zero attached hydrogens (tertiary/aromatic N) is 1. The molecule has 4 aromatic carbocycles. The quantitative estimate of drug-likeness (QED) is 0.212. The highest BCUT2D eigenvalue weighted by atomic mass is 16.5. The minimum atomic E-state index is -1.35. The number of carboxylic acid groups (broad SMARTS) is 2. The highest BCUT2D eigenvalue weighted by Crippen LogP contribution is 2.25. The number of aryl methyl sites for hydroxylation is 1. The van der Waals surface area contributed by atoms with E-state index in [1.165, 1.54) is 60.7 Å². The summed E-state index contributed by atoms with van der Waals surface area (Å²) in [7, 11) is 0. The maximum absolute atomic E-state index is 13.8. The van der Waals surface area contributed by atoms with Crippen LogP contribution in [0.5, 0.6) is 0 Å². The van der Waals surface area contributed by atoms with Crippen LogP contribution in [0.2, 0.25) is 0 Å². The second kappa shape index (κ2) is 12.5. The van der Waals surface area contributed by atoms with E-state index in [1.807, 2.05) is 6.92 Å². The van der Waals surface area contributed by atoms with Gasteiger partial charge in [-0.2, -0.15) is 0 Å². The zero-order valence-corrected chi connectivity index (χ0v) is 21.9. The summed E-state index contributed by atoms with van der Waals surface area (Å²) in [5.74, 6) is -5.30. The molecule has 4 rings (SSSR count).